The normalized spacial score (nSPS) is 13.7. The summed E-state index contributed by atoms with van der Waals surface area (Å²) in [6.45, 7) is 6.68. The second kappa shape index (κ2) is 6.78. The van der Waals surface area contributed by atoms with Crippen LogP contribution >= 0.6 is 27.7 Å². The fraction of sp³-hybridized carbons (Fsp3) is 0.538. The zero-order chi connectivity index (χ0) is 12.9. The number of hydrogen-bond acceptors (Lipinski definition) is 3. The monoisotopic (exact) mass is 316 g/mol. The number of thioether (sulfide) groups is 1. The molecule has 2 nitrogen and oxygen atoms in total. The van der Waals surface area contributed by atoms with Crippen molar-refractivity contribution in [3.8, 4) is 0 Å². The van der Waals surface area contributed by atoms with Crippen LogP contribution in [0.3, 0.4) is 0 Å². The van der Waals surface area contributed by atoms with Gasteiger partial charge in [-0.3, -0.25) is 11.3 Å². The highest BCUT2D eigenvalue weighted by Crippen LogP contribution is 2.24. The minimum atomic E-state index is 0.284. The van der Waals surface area contributed by atoms with Crippen molar-refractivity contribution >= 4 is 27.7 Å². The summed E-state index contributed by atoms with van der Waals surface area (Å²) in [5.74, 6) is 6.63. The Morgan fingerprint density at radius 2 is 2.12 bits per heavy atom. The first kappa shape index (κ1) is 15.0. The van der Waals surface area contributed by atoms with Gasteiger partial charge in [-0.1, -0.05) is 48.8 Å². The van der Waals surface area contributed by atoms with Crippen LogP contribution in [0.25, 0.3) is 0 Å². The molecular weight excluding hydrogens is 296 g/mol. The summed E-state index contributed by atoms with van der Waals surface area (Å²) in [4.78, 5) is 0. The predicted octanol–water partition coefficient (Wildman–Crippen LogP) is 3.36. The van der Waals surface area contributed by atoms with Gasteiger partial charge in [0, 0.05) is 21.0 Å². The van der Waals surface area contributed by atoms with Crippen molar-refractivity contribution in [1.82, 2.24) is 5.43 Å². The van der Waals surface area contributed by atoms with Crippen molar-refractivity contribution in [3.05, 3.63) is 34.3 Å². The molecule has 1 aromatic carbocycles. The highest BCUT2D eigenvalue weighted by atomic mass is 79.9. The topological polar surface area (TPSA) is 38.0 Å². The van der Waals surface area contributed by atoms with Crippen molar-refractivity contribution in [1.29, 1.82) is 0 Å². The van der Waals surface area contributed by atoms with Crippen molar-refractivity contribution < 1.29 is 0 Å². The molecular formula is C13H21BrN2S. The number of nitrogens with two attached hydrogens (primary N) is 1. The number of rotatable bonds is 5. The maximum absolute atomic E-state index is 5.61. The highest BCUT2D eigenvalue weighted by molar-refractivity contribution is 9.10. The van der Waals surface area contributed by atoms with E-state index in [9.17, 15) is 0 Å². The highest BCUT2D eigenvalue weighted by Gasteiger charge is 2.15. The minimum Gasteiger partial charge on any atom is -0.271 e. The molecule has 1 aromatic rings. The van der Waals surface area contributed by atoms with Crippen LogP contribution in [0.5, 0.6) is 0 Å². The molecule has 0 aliphatic heterocycles. The smallest absolute Gasteiger partial charge is 0.0341 e. The van der Waals surface area contributed by atoms with E-state index >= 15 is 0 Å². The van der Waals surface area contributed by atoms with Crippen LogP contribution in [-0.2, 0) is 6.42 Å². The molecule has 0 saturated carbocycles. The van der Waals surface area contributed by atoms with Gasteiger partial charge in [0.15, 0.2) is 0 Å². The van der Waals surface area contributed by atoms with Crippen LogP contribution < -0.4 is 11.3 Å². The Labute approximate surface area is 117 Å². The molecule has 1 rings (SSSR count). The first-order valence-corrected chi connectivity index (χ1v) is 7.53. The van der Waals surface area contributed by atoms with Crippen LogP contribution in [0.4, 0.5) is 0 Å². The average molecular weight is 317 g/mol. The second-order valence-electron chi connectivity index (χ2n) is 5.12. The molecule has 0 aromatic heterocycles. The maximum atomic E-state index is 5.61. The Morgan fingerprint density at radius 3 is 2.65 bits per heavy atom. The minimum absolute atomic E-state index is 0.284. The first-order valence-electron chi connectivity index (χ1n) is 5.75. The molecule has 0 spiro atoms. The third kappa shape index (κ3) is 6.46. The van der Waals surface area contributed by atoms with Crippen molar-refractivity contribution in [3.63, 3.8) is 0 Å². The van der Waals surface area contributed by atoms with Crippen LogP contribution in [0.2, 0.25) is 0 Å². The number of hydrazine groups is 1. The fourth-order valence-corrected chi connectivity index (χ4v) is 2.83. The summed E-state index contributed by atoms with van der Waals surface area (Å²) in [5, 5.41) is 0. The van der Waals surface area contributed by atoms with E-state index in [0.717, 1.165) is 16.6 Å². The summed E-state index contributed by atoms with van der Waals surface area (Å²) < 4.78 is 1.40. The summed E-state index contributed by atoms with van der Waals surface area (Å²) in [5.41, 5.74) is 4.21. The Kier molecular flexibility index (Phi) is 6.00. The van der Waals surface area contributed by atoms with Crippen molar-refractivity contribution in [2.75, 3.05) is 5.75 Å². The molecule has 1 atom stereocenters. The predicted molar refractivity (Wildman–Crippen MR) is 81.2 cm³/mol. The largest absolute Gasteiger partial charge is 0.271 e. The number of benzene rings is 1. The molecule has 4 heteroatoms. The lowest BCUT2D eigenvalue weighted by Crippen LogP contribution is -2.39. The Morgan fingerprint density at radius 1 is 1.41 bits per heavy atom. The quantitative estimate of drug-likeness (QED) is 0.646. The van der Waals surface area contributed by atoms with E-state index in [2.05, 4.69) is 60.3 Å². The summed E-state index contributed by atoms with van der Waals surface area (Å²) in [6, 6.07) is 8.69. The van der Waals surface area contributed by atoms with Gasteiger partial charge in [-0.2, -0.15) is 11.8 Å². The number of halogens is 1. The van der Waals surface area contributed by atoms with E-state index in [1.54, 1.807) is 0 Å². The number of nitrogens with one attached hydrogen (secondary N) is 1. The molecule has 0 amide bonds. The van der Waals surface area contributed by atoms with Gasteiger partial charge in [0.05, 0.1) is 0 Å². The average Bonchev–Trinajstić information content (AvgIpc) is 2.23. The lowest BCUT2D eigenvalue weighted by Gasteiger charge is -2.22. The zero-order valence-electron chi connectivity index (χ0n) is 10.7. The van der Waals surface area contributed by atoms with Gasteiger partial charge < -0.3 is 0 Å². The molecule has 96 valence electrons. The van der Waals surface area contributed by atoms with E-state index in [-0.39, 0.29) is 4.75 Å². The lowest BCUT2D eigenvalue weighted by molar-refractivity contribution is 0.573. The Balaban J connectivity index is 2.52. The molecule has 0 aliphatic carbocycles. The molecule has 0 bridgehead atoms. The summed E-state index contributed by atoms with van der Waals surface area (Å²) >= 11 is 5.42. The molecule has 0 fully saturated rings. The van der Waals surface area contributed by atoms with E-state index in [1.165, 1.54) is 5.56 Å². The van der Waals surface area contributed by atoms with Gasteiger partial charge in [0.1, 0.15) is 0 Å². The lowest BCUT2D eigenvalue weighted by atomic mass is 10.1. The molecule has 3 N–H and O–H groups in total. The Bertz CT molecular complexity index is 350. The van der Waals surface area contributed by atoms with Gasteiger partial charge >= 0.3 is 0 Å². The molecule has 0 aliphatic rings. The van der Waals surface area contributed by atoms with E-state index in [0.29, 0.717) is 6.04 Å². The third-order valence-electron chi connectivity index (χ3n) is 2.32. The second-order valence-corrected chi connectivity index (χ2v) is 7.88. The standard InChI is InChI=1S/C13H21BrN2S/c1-13(2,3)17-9-12(16-15)8-10-5-4-6-11(14)7-10/h4-7,12,16H,8-9,15H2,1-3H3. The molecule has 0 heterocycles. The molecule has 17 heavy (non-hydrogen) atoms. The first-order chi connectivity index (χ1) is 7.90. The van der Waals surface area contributed by atoms with E-state index < -0.39 is 0 Å². The molecule has 1 unspecified atom stereocenters. The van der Waals surface area contributed by atoms with Gasteiger partial charge in [-0.25, -0.2) is 0 Å². The van der Waals surface area contributed by atoms with E-state index in [1.807, 2.05) is 17.8 Å². The third-order valence-corrected chi connectivity index (χ3v) is 4.25. The van der Waals surface area contributed by atoms with Gasteiger partial charge in [0.2, 0.25) is 0 Å². The SMILES string of the molecule is CC(C)(C)SCC(Cc1cccc(Br)c1)NN. The number of hydrogen-bond donors (Lipinski definition) is 2. The fourth-order valence-electron chi connectivity index (χ4n) is 1.47. The van der Waals surface area contributed by atoms with Crippen LogP contribution in [-0.4, -0.2) is 16.5 Å². The summed E-state index contributed by atoms with van der Waals surface area (Å²) in [7, 11) is 0. The van der Waals surface area contributed by atoms with Crippen LogP contribution in [0, 0.1) is 0 Å². The van der Waals surface area contributed by atoms with Gasteiger partial charge in [-0.15, -0.1) is 0 Å². The zero-order valence-corrected chi connectivity index (χ0v) is 13.1. The van der Waals surface area contributed by atoms with Gasteiger partial charge in [0.25, 0.3) is 0 Å². The Hall–Kier alpha value is -0.0300. The summed E-state index contributed by atoms with van der Waals surface area (Å²) in [6.07, 6.45) is 0.957. The van der Waals surface area contributed by atoms with E-state index in [4.69, 9.17) is 5.84 Å². The van der Waals surface area contributed by atoms with Crippen molar-refractivity contribution in [2.45, 2.75) is 38.0 Å². The van der Waals surface area contributed by atoms with Crippen LogP contribution in [0.15, 0.2) is 28.7 Å². The molecule has 0 radical (unpaired) electrons. The molecule has 0 saturated heterocycles. The van der Waals surface area contributed by atoms with Crippen molar-refractivity contribution in [2.24, 2.45) is 5.84 Å². The maximum Gasteiger partial charge on any atom is 0.0341 e. The van der Waals surface area contributed by atoms with Crippen LogP contribution in [0.1, 0.15) is 26.3 Å². The van der Waals surface area contributed by atoms with Gasteiger partial charge in [-0.05, 0) is 24.1 Å².